The molecule has 1 aromatic heterocycles. The fourth-order valence-corrected chi connectivity index (χ4v) is 5.06. The number of halogens is 1. The Morgan fingerprint density at radius 3 is 2.56 bits per heavy atom. The molecule has 0 aliphatic carbocycles. The Labute approximate surface area is 121 Å². The molecule has 1 rings (SSSR count). The topological polar surface area (TPSA) is 59.1 Å². The first-order valence-corrected chi connectivity index (χ1v) is 8.88. The molecule has 0 aromatic carbocycles. The number of hydrogen-bond acceptors (Lipinski definition) is 4. The third kappa shape index (κ3) is 5.34. The van der Waals surface area contributed by atoms with Gasteiger partial charge in [0.1, 0.15) is 0 Å². The molecule has 0 saturated heterocycles. The van der Waals surface area contributed by atoms with E-state index in [2.05, 4.69) is 46.4 Å². The fraction of sp³-hybridized carbons (Fsp3) is 0.727. The smallest absolute Gasteiger partial charge is 0.249 e. The van der Waals surface area contributed by atoms with Crippen LogP contribution in [-0.2, 0) is 10.0 Å². The summed E-state index contributed by atoms with van der Waals surface area (Å²) in [6.45, 7) is 8.56. The van der Waals surface area contributed by atoms with Crippen molar-refractivity contribution < 1.29 is 8.42 Å². The zero-order valence-corrected chi connectivity index (χ0v) is 14.2. The first-order chi connectivity index (χ1) is 8.10. The summed E-state index contributed by atoms with van der Waals surface area (Å²) < 4.78 is 26.8. The standard InChI is InChI=1S/C11H19BrN2O2S2/c1-8-13-7-10(17-8)18(15,16)14-6-9(12)5-11(2,3)4/h7,9,14H,5-6H2,1-4H3. The van der Waals surface area contributed by atoms with E-state index in [0.717, 1.165) is 11.4 Å². The van der Waals surface area contributed by atoms with Gasteiger partial charge in [-0.15, -0.1) is 11.3 Å². The first-order valence-electron chi connectivity index (χ1n) is 5.66. The lowest BCUT2D eigenvalue weighted by molar-refractivity contribution is 0.373. The van der Waals surface area contributed by atoms with E-state index in [1.807, 2.05) is 0 Å². The summed E-state index contributed by atoms with van der Waals surface area (Å²) in [6.07, 6.45) is 2.30. The lowest BCUT2D eigenvalue weighted by atomic mass is 9.91. The van der Waals surface area contributed by atoms with Gasteiger partial charge in [-0.1, -0.05) is 36.7 Å². The molecule has 7 heteroatoms. The van der Waals surface area contributed by atoms with E-state index in [1.54, 1.807) is 6.92 Å². The monoisotopic (exact) mass is 354 g/mol. The molecule has 1 N–H and O–H groups in total. The quantitative estimate of drug-likeness (QED) is 0.827. The van der Waals surface area contributed by atoms with E-state index in [0.29, 0.717) is 6.54 Å². The van der Waals surface area contributed by atoms with Crippen LogP contribution in [0.1, 0.15) is 32.2 Å². The van der Waals surface area contributed by atoms with Crippen LogP contribution in [0.3, 0.4) is 0 Å². The molecule has 0 saturated carbocycles. The van der Waals surface area contributed by atoms with Gasteiger partial charge in [0.2, 0.25) is 0 Å². The Balaban J connectivity index is 2.58. The molecule has 0 radical (unpaired) electrons. The van der Waals surface area contributed by atoms with Gasteiger partial charge in [-0.3, -0.25) is 0 Å². The van der Waals surface area contributed by atoms with Gasteiger partial charge in [0.25, 0.3) is 10.0 Å². The molecule has 4 nitrogen and oxygen atoms in total. The number of nitrogens with one attached hydrogen (secondary N) is 1. The third-order valence-electron chi connectivity index (χ3n) is 2.19. The van der Waals surface area contributed by atoms with Crippen LogP contribution >= 0.6 is 27.3 Å². The lowest BCUT2D eigenvalue weighted by Gasteiger charge is -2.22. The number of hydrogen-bond donors (Lipinski definition) is 1. The molecule has 0 bridgehead atoms. The highest BCUT2D eigenvalue weighted by Gasteiger charge is 2.21. The summed E-state index contributed by atoms with van der Waals surface area (Å²) in [4.78, 5) is 4.08. The van der Waals surface area contributed by atoms with Crippen molar-refractivity contribution >= 4 is 37.3 Å². The van der Waals surface area contributed by atoms with Crippen molar-refractivity contribution in [2.75, 3.05) is 6.54 Å². The third-order valence-corrected chi connectivity index (χ3v) is 5.64. The predicted octanol–water partition coefficient (Wildman–Crippen LogP) is 2.93. The minimum Gasteiger partial charge on any atom is -0.249 e. The molecule has 18 heavy (non-hydrogen) atoms. The molecule has 0 spiro atoms. The molecule has 1 unspecified atom stereocenters. The van der Waals surface area contributed by atoms with E-state index < -0.39 is 10.0 Å². The van der Waals surface area contributed by atoms with Gasteiger partial charge in [0, 0.05) is 11.4 Å². The highest BCUT2D eigenvalue weighted by atomic mass is 79.9. The molecular weight excluding hydrogens is 336 g/mol. The molecule has 0 aliphatic rings. The highest BCUT2D eigenvalue weighted by Crippen LogP contribution is 2.25. The number of aromatic nitrogens is 1. The van der Waals surface area contributed by atoms with Crippen molar-refractivity contribution in [3.63, 3.8) is 0 Å². The first kappa shape index (κ1) is 16.1. The number of alkyl halides is 1. The average molecular weight is 355 g/mol. The van der Waals surface area contributed by atoms with Gasteiger partial charge in [-0.2, -0.15) is 0 Å². The van der Waals surface area contributed by atoms with Crippen molar-refractivity contribution in [1.82, 2.24) is 9.71 Å². The average Bonchev–Trinajstić information content (AvgIpc) is 2.60. The van der Waals surface area contributed by atoms with E-state index in [4.69, 9.17) is 0 Å². The molecule has 0 fully saturated rings. The van der Waals surface area contributed by atoms with Crippen LogP contribution in [-0.4, -0.2) is 24.8 Å². The van der Waals surface area contributed by atoms with Crippen molar-refractivity contribution in [3.05, 3.63) is 11.2 Å². The van der Waals surface area contributed by atoms with Gasteiger partial charge >= 0.3 is 0 Å². The van der Waals surface area contributed by atoms with E-state index >= 15 is 0 Å². The van der Waals surface area contributed by atoms with Gasteiger partial charge in [0.15, 0.2) is 4.21 Å². The fourth-order valence-electron chi connectivity index (χ4n) is 1.47. The van der Waals surface area contributed by atoms with E-state index in [-0.39, 0.29) is 14.5 Å². The molecule has 1 atom stereocenters. The van der Waals surface area contributed by atoms with Gasteiger partial charge in [0.05, 0.1) is 11.2 Å². The summed E-state index contributed by atoms with van der Waals surface area (Å²) in [7, 11) is -3.41. The second-order valence-electron chi connectivity index (χ2n) is 5.41. The zero-order chi connectivity index (χ0) is 14.0. The van der Waals surface area contributed by atoms with Crippen LogP contribution in [0.4, 0.5) is 0 Å². The van der Waals surface area contributed by atoms with Crippen LogP contribution in [0.5, 0.6) is 0 Å². The SMILES string of the molecule is Cc1ncc(S(=O)(=O)NCC(Br)CC(C)(C)C)s1. The normalized spacial score (nSPS) is 14.7. The van der Waals surface area contributed by atoms with Crippen molar-refractivity contribution in [2.45, 2.75) is 43.2 Å². The van der Waals surface area contributed by atoms with Gasteiger partial charge in [-0.05, 0) is 18.8 Å². The number of aryl methyl sites for hydroxylation is 1. The Bertz CT molecular complexity index is 491. The van der Waals surface area contributed by atoms with Gasteiger partial charge in [-0.25, -0.2) is 18.1 Å². The van der Waals surface area contributed by atoms with Crippen LogP contribution in [0.15, 0.2) is 10.4 Å². The van der Waals surface area contributed by atoms with Crippen LogP contribution in [0.25, 0.3) is 0 Å². The Morgan fingerprint density at radius 2 is 2.11 bits per heavy atom. The molecule has 1 aromatic rings. The predicted molar refractivity (Wildman–Crippen MR) is 78.8 cm³/mol. The molecule has 1 heterocycles. The Morgan fingerprint density at radius 1 is 1.50 bits per heavy atom. The van der Waals surface area contributed by atoms with Crippen LogP contribution in [0, 0.1) is 12.3 Å². The number of sulfonamides is 1. The molecule has 0 aliphatic heterocycles. The summed E-state index contributed by atoms with van der Waals surface area (Å²) in [5, 5.41) is 0.750. The maximum atomic E-state index is 12.0. The number of rotatable bonds is 5. The van der Waals surface area contributed by atoms with Crippen LogP contribution in [0.2, 0.25) is 0 Å². The van der Waals surface area contributed by atoms with E-state index in [1.165, 1.54) is 17.5 Å². The maximum absolute atomic E-state index is 12.0. The zero-order valence-electron chi connectivity index (χ0n) is 11.0. The van der Waals surface area contributed by atoms with Crippen LogP contribution < -0.4 is 4.72 Å². The van der Waals surface area contributed by atoms with Crippen molar-refractivity contribution in [3.8, 4) is 0 Å². The van der Waals surface area contributed by atoms with Gasteiger partial charge < -0.3 is 0 Å². The molecule has 104 valence electrons. The summed E-state index contributed by atoms with van der Waals surface area (Å²) in [6, 6.07) is 0. The Hall–Kier alpha value is 0.0200. The number of thiazole rings is 1. The Kier molecular flexibility index (Phi) is 5.34. The molecule has 0 amide bonds. The number of nitrogens with zero attached hydrogens (tertiary/aromatic N) is 1. The summed E-state index contributed by atoms with van der Waals surface area (Å²) >= 11 is 4.69. The second kappa shape index (κ2) is 5.98. The highest BCUT2D eigenvalue weighted by molar-refractivity contribution is 9.09. The summed E-state index contributed by atoms with van der Waals surface area (Å²) in [5.41, 5.74) is 0.167. The van der Waals surface area contributed by atoms with Crippen molar-refractivity contribution in [2.24, 2.45) is 5.41 Å². The minimum atomic E-state index is -3.41. The lowest BCUT2D eigenvalue weighted by Crippen LogP contribution is -2.31. The second-order valence-corrected chi connectivity index (χ2v) is 9.94. The largest absolute Gasteiger partial charge is 0.251 e. The minimum absolute atomic E-state index is 0.126. The summed E-state index contributed by atoms with van der Waals surface area (Å²) in [5.74, 6) is 0. The maximum Gasteiger partial charge on any atom is 0.251 e. The molecular formula is C11H19BrN2O2S2. The van der Waals surface area contributed by atoms with Crippen molar-refractivity contribution in [1.29, 1.82) is 0 Å². The van der Waals surface area contributed by atoms with E-state index in [9.17, 15) is 8.42 Å².